The number of halogens is 1. The van der Waals surface area contributed by atoms with Gasteiger partial charge in [0.1, 0.15) is 0 Å². The molecule has 0 aliphatic heterocycles. The lowest BCUT2D eigenvalue weighted by molar-refractivity contribution is -0.128. The SMILES string of the molecule is CC(C)(C)C(=O)NCC1CCC(Br)C1. The maximum Gasteiger partial charge on any atom is 0.225 e. The van der Waals surface area contributed by atoms with Gasteiger partial charge in [0.2, 0.25) is 5.91 Å². The summed E-state index contributed by atoms with van der Waals surface area (Å²) in [6, 6.07) is 0. The highest BCUT2D eigenvalue weighted by atomic mass is 79.9. The lowest BCUT2D eigenvalue weighted by Crippen LogP contribution is -2.37. The number of hydrogen-bond donors (Lipinski definition) is 1. The zero-order valence-electron chi connectivity index (χ0n) is 9.27. The second-order valence-electron chi connectivity index (χ2n) is 5.24. The summed E-state index contributed by atoms with van der Waals surface area (Å²) < 4.78 is 0. The second kappa shape index (κ2) is 4.65. The molecule has 1 saturated carbocycles. The molecular weight excluding hydrogens is 242 g/mol. The molecule has 1 amide bonds. The maximum absolute atomic E-state index is 11.6. The van der Waals surface area contributed by atoms with Crippen molar-refractivity contribution in [2.75, 3.05) is 6.54 Å². The Labute approximate surface area is 95.0 Å². The third-order valence-corrected chi connectivity index (χ3v) is 3.54. The van der Waals surface area contributed by atoms with E-state index in [-0.39, 0.29) is 11.3 Å². The number of nitrogens with one attached hydrogen (secondary N) is 1. The predicted molar refractivity (Wildman–Crippen MR) is 62.5 cm³/mol. The van der Waals surface area contributed by atoms with E-state index in [2.05, 4.69) is 21.2 Å². The Morgan fingerprint density at radius 2 is 2.07 bits per heavy atom. The van der Waals surface area contributed by atoms with E-state index in [0.29, 0.717) is 10.7 Å². The minimum atomic E-state index is -0.258. The van der Waals surface area contributed by atoms with Crippen LogP contribution in [0.15, 0.2) is 0 Å². The van der Waals surface area contributed by atoms with E-state index in [0.717, 1.165) is 6.54 Å². The summed E-state index contributed by atoms with van der Waals surface area (Å²) in [7, 11) is 0. The molecule has 0 aromatic carbocycles. The molecular formula is C11H20BrNO. The minimum absolute atomic E-state index is 0.163. The van der Waals surface area contributed by atoms with Crippen molar-refractivity contribution in [3.05, 3.63) is 0 Å². The van der Waals surface area contributed by atoms with Gasteiger partial charge < -0.3 is 5.32 Å². The molecule has 0 heterocycles. The van der Waals surface area contributed by atoms with Crippen molar-refractivity contribution < 1.29 is 4.79 Å². The number of alkyl halides is 1. The van der Waals surface area contributed by atoms with E-state index >= 15 is 0 Å². The quantitative estimate of drug-likeness (QED) is 0.762. The van der Waals surface area contributed by atoms with Crippen LogP contribution in [0.25, 0.3) is 0 Å². The van der Waals surface area contributed by atoms with Crippen molar-refractivity contribution in [2.45, 2.75) is 44.9 Å². The first-order valence-corrected chi connectivity index (χ1v) is 6.23. The maximum atomic E-state index is 11.6. The summed E-state index contributed by atoms with van der Waals surface area (Å²) in [6.45, 7) is 6.69. The number of amides is 1. The van der Waals surface area contributed by atoms with Gasteiger partial charge in [-0.1, -0.05) is 36.7 Å². The van der Waals surface area contributed by atoms with Gasteiger partial charge in [0.05, 0.1) is 0 Å². The first-order chi connectivity index (χ1) is 6.39. The molecule has 1 N–H and O–H groups in total. The first-order valence-electron chi connectivity index (χ1n) is 5.32. The van der Waals surface area contributed by atoms with E-state index in [4.69, 9.17) is 0 Å². The van der Waals surface area contributed by atoms with Crippen LogP contribution in [0.4, 0.5) is 0 Å². The molecule has 0 spiro atoms. The summed E-state index contributed by atoms with van der Waals surface area (Å²) in [5.41, 5.74) is -0.258. The Kier molecular flexibility index (Phi) is 3.99. The van der Waals surface area contributed by atoms with Crippen molar-refractivity contribution >= 4 is 21.8 Å². The van der Waals surface area contributed by atoms with Gasteiger partial charge in [-0.3, -0.25) is 4.79 Å². The van der Waals surface area contributed by atoms with Crippen LogP contribution < -0.4 is 5.32 Å². The van der Waals surface area contributed by atoms with Gasteiger partial charge in [0.25, 0.3) is 0 Å². The highest BCUT2D eigenvalue weighted by Crippen LogP contribution is 2.30. The van der Waals surface area contributed by atoms with Crippen LogP contribution in [-0.2, 0) is 4.79 Å². The van der Waals surface area contributed by atoms with Crippen molar-refractivity contribution in [3.8, 4) is 0 Å². The standard InChI is InChI=1S/C11H20BrNO/c1-11(2,3)10(14)13-7-8-4-5-9(12)6-8/h8-9H,4-7H2,1-3H3,(H,13,14). The topological polar surface area (TPSA) is 29.1 Å². The molecule has 1 fully saturated rings. The fourth-order valence-corrected chi connectivity index (χ4v) is 2.49. The fourth-order valence-electron chi connectivity index (χ4n) is 1.70. The molecule has 0 bridgehead atoms. The van der Waals surface area contributed by atoms with Crippen LogP contribution in [0.3, 0.4) is 0 Å². The minimum Gasteiger partial charge on any atom is -0.355 e. The van der Waals surface area contributed by atoms with Crippen molar-refractivity contribution in [1.82, 2.24) is 5.32 Å². The van der Waals surface area contributed by atoms with E-state index in [1.807, 2.05) is 20.8 Å². The fraction of sp³-hybridized carbons (Fsp3) is 0.909. The van der Waals surface area contributed by atoms with E-state index in [1.54, 1.807) is 0 Å². The smallest absolute Gasteiger partial charge is 0.225 e. The molecule has 1 aliphatic carbocycles. The van der Waals surface area contributed by atoms with Crippen LogP contribution in [0, 0.1) is 11.3 Å². The Bertz CT molecular complexity index is 210. The van der Waals surface area contributed by atoms with Crippen LogP contribution in [-0.4, -0.2) is 17.3 Å². The van der Waals surface area contributed by atoms with Crippen LogP contribution >= 0.6 is 15.9 Å². The molecule has 14 heavy (non-hydrogen) atoms. The molecule has 0 saturated heterocycles. The summed E-state index contributed by atoms with van der Waals surface area (Å²) >= 11 is 3.61. The number of carbonyl (C=O) groups excluding carboxylic acids is 1. The highest BCUT2D eigenvalue weighted by Gasteiger charge is 2.25. The lowest BCUT2D eigenvalue weighted by Gasteiger charge is -2.19. The van der Waals surface area contributed by atoms with Crippen LogP contribution in [0.2, 0.25) is 0 Å². The monoisotopic (exact) mass is 261 g/mol. The van der Waals surface area contributed by atoms with Gasteiger partial charge in [0.15, 0.2) is 0 Å². The summed E-state index contributed by atoms with van der Waals surface area (Å²) in [5.74, 6) is 0.834. The second-order valence-corrected chi connectivity index (χ2v) is 6.53. The Morgan fingerprint density at radius 1 is 1.43 bits per heavy atom. The van der Waals surface area contributed by atoms with Crippen molar-refractivity contribution in [3.63, 3.8) is 0 Å². The Morgan fingerprint density at radius 3 is 2.50 bits per heavy atom. The van der Waals surface area contributed by atoms with Crippen LogP contribution in [0.5, 0.6) is 0 Å². The molecule has 3 heteroatoms. The van der Waals surface area contributed by atoms with E-state index in [1.165, 1.54) is 19.3 Å². The summed E-state index contributed by atoms with van der Waals surface area (Å²) in [4.78, 5) is 12.2. The van der Waals surface area contributed by atoms with Gasteiger partial charge >= 0.3 is 0 Å². The van der Waals surface area contributed by atoms with Crippen molar-refractivity contribution in [1.29, 1.82) is 0 Å². The van der Waals surface area contributed by atoms with Gasteiger partial charge in [0, 0.05) is 16.8 Å². The van der Waals surface area contributed by atoms with E-state index in [9.17, 15) is 4.79 Å². The van der Waals surface area contributed by atoms with Crippen LogP contribution in [0.1, 0.15) is 40.0 Å². The third-order valence-electron chi connectivity index (χ3n) is 2.71. The number of rotatable bonds is 2. The summed E-state index contributed by atoms with van der Waals surface area (Å²) in [5, 5.41) is 3.03. The molecule has 2 atom stereocenters. The molecule has 0 aromatic heterocycles. The molecule has 2 nitrogen and oxygen atoms in total. The summed E-state index contributed by atoms with van der Waals surface area (Å²) in [6.07, 6.45) is 3.68. The average molecular weight is 262 g/mol. The third kappa shape index (κ3) is 3.60. The lowest BCUT2D eigenvalue weighted by atomic mass is 9.95. The molecule has 0 aromatic rings. The molecule has 1 rings (SSSR count). The van der Waals surface area contributed by atoms with Gasteiger partial charge in [-0.15, -0.1) is 0 Å². The zero-order chi connectivity index (χ0) is 10.8. The van der Waals surface area contributed by atoms with Gasteiger partial charge in [-0.2, -0.15) is 0 Å². The normalized spacial score (nSPS) is 27.7. The predicted octanol–water partition coefficient (Wildman–Crippen LogP) is 2.71. The Hall–Kier alpha value is -0.0500. The molecule has 82 valence electrons. The molecule has 0 radical (unpaired) electrons. The Balaban J connectivity index is 2.24. The first kappa shape index (κ1) is 12.0. The largest absolute Gasteiger partial charge is 0.355 e. The number of carbonyl (C=O) groups is 1. The zero-order valence-corrected chi connectivity index (χ0v) is 10.9. The van der Waals surface area contributed by atoms with E-state index < -0.39 is 0 Å². The highest BCUT2D eigenvalue weighted by molar-refractivity contribution is 9.09. The average Bonchev–Trinajstić information content (AvgIpc) is 2.45. The van der Waals surface area contributed by atoms with Crippen molar-refractivity contribution in [2.24, 2.45) is 11.3 Å². The molecule has 1 aliphatic rings. The van der Waals surface area contributed by atoms with Gasteiger partial charge in [-0.25, -0.2) is 0 Å². The molecule has 2 unspecified atom stereocenters. The van der Waals surface area contributed by atoms with Gasteiger partial charge in [-0.05, 0) is 25.2 Å². The number of hydrogen-bond acceptors (Lipinski definition) is 1.